The smallest absolute Gasteiger partial charge is 0.409 e. The number of carbonyl (C=O) groups excluding carboxylic acids is 4. The van der Waals surface area contributed by atoms with Crippen molar-refractivity contribution in [2.75, 3.05) is 32.8 Å². The van der Waals surface area contributed by atoms with E-state index in [0.717, 1.165) is 0 Å². The standard InChI is InChI=1S/C15H22N2O7/c1-2-22-15(21)17-9-7-16(8-10-17)11(18)3-6-14-23-12(19)4-5-13(20)24-14/h14H,2-10H2,1H3. The summed E-state index contributed by atoms with van der Waals surface area (Å²) >= 11 is 0. The molecule has 2 aliphatic heterocycles. The Bertz CT molecular complexity index is 482. The predicted octanol–water partition coefficient (Wildman–Crippen LogP) is 0.274. The largest absolute Gasteiger partial charge is 0.450 e. The van der Waals surface area contributed by atoms with E-state index < -0.39 is 18.2 Å². The quantitative estimate of drug-likeness (QED) is 0.676. The number of rotatable bonds is 4. The lowest BCUT2D eigenvalue weighted by Gasteiger charge is -2.34. The number of carbonyl (C=O) groups is 4. The number of cyclic esters (lactones) is 2. The summed E-state index contributed by atoms with van der Waals surface area (Å²) in [6.45, 7) is 3.72. The zero-order valence-corrected chi connectivity index (χ0v) is 13.7. The zero-order valence-electron chi connectivity index (χ0n) is 13.7. The van der Waals surface area contributed by atoms with Crippen molar-refractivity contribution in [2.45, 2.75) is 38.9 Å². The monoisotopic (exact) mass is 342 g/mol. The van der Waals surface area contributed by atoms with Gasteiger partial charge in [-0.15, -0.1) is 0 Å². The Morgan fingerprint density at radius 3 is 2.12 bits per heavy atom. The Balaban J connectivity index is 1.74. The minimum atomic E-state index is -1.00. The molecule has 0 spiro atoms. The van der Waals surface area contributed by atoms with Crippen LogP contribution in [0.15, 0.2) is 0 Å². The lowest BCUT2D eigenvalue weighted by molar-refractivity contribution is -0.182. The first-order valence-corrected chi connectivity index (χ1v) is 8.08. The number of ether oxygens (including phenoxy) is 3. The second kappa shape index (κ2) is 8.51. The van der Waals surface area contributed by atoms with Crippen LogP contribution in [0.1, 0.15) is 32.6 Å². The molecule has 0 saturated carbocycles. The van der Waals surface area contributed by atoms with Crippen molar-refractivity contribution in [3.05, 3.63) is 0 Å². The first-order chi connectivity index (χ1) is 11.5. The first kappa shape index (κ1) is 18.0. The van der Waals surface area contributed by atoms with Gasteiger partial charge in [0.05, 0.1) is 19.4 Å². The van der Waals surface area contributed by atoms with Crippen molar-refractivity contribution in [3.8, 4) is 0 Å². The van der Waals surface area contributed by atoms with Crippen LogP contribution in [0.5, 0.6) is 0 Å². The lowest BCUT2D eigenvalue weighted by atomic mass is 10.2. The molecule has 2 rings (SSSR count). The molecule has 0 atom stereocenters. The highest BCUT2D eigenvalue weighted by Gasteiger charge is 2.28. The average Bonchev–Trinajstić information content (AvgIpc) is 2.73. The predicted molar refractivity (Wildman–Crippen MR) is 79.6 cm³/mol. The topological polar surface area (TPSA) is 102 Å². The van der Waals surface area contributed by atoms with Gasteiger partial charge >= 0.3 is 18.0 Å². The van der Waals surface area contributed by atoms with Gasteiger partial charge in [-0.25, -0.2) is 4.79 Å². The third kappa shape index (κ3) is 5.10. The second-order valence-electron chi connectivity index (χ2n) is 5.51. The van der Waals surface area contributed by atoms with Gasteiger partial charge in [-0.1, -0.05) is 0 Å². The summed E-state index contributed by atoms with van der Waals surface area (Å²) in [6, 6.07) is 0. The van der Waals surface area contributed by atoms with Crippen molar-refractivity contribution >= 4 is 23.9 Å². The average molecular weight is 342 g/mol. The van der Waals surface area contributed by atoms with Crippen LogP contribution in [0, 0.1) is 0 Å². The van der Waals surface area contributed by atoms with Gasteiger partial charge in [0.15, 0.2) is 0 Å². The molecule has 2 saturated heterocycles. The summed E-state index contributed by atoms with van der Waals surface area (Å²) in [6.07, 6.45) is -1.14. The number of esters is 2. The van der Waals surface area contributed by atoms with Crippen molar-refractivity contribution < 1.29 is 33.4 Å². The van der Waals surface area contributed by atoms with Gasteiger partial charge in [-0.05, 0) is 6.92 Å². The summed E-state index contributed by atoms with van der Waals surface area (Å²) in [4.78, 5) is 49.7. The summed E-state index contributed by atoms with van der Waals surface area (Å²) in [5.41, 5.74) is 0. The minimum Gasteiger partial charge on any atom is -0.450 e. The molecular weight excluding hydrogens is 320 g/mol. The zero-order chi connectivity index (χ0) is 17.5. The van der Waals surface area contributed by atoms with Gasteiger partial charge in [0.2, 0.25) is 12.2 Å². The highest BCUT2D eigenvalue weighted by atomic mass is 16.7. The molecule has 134 valence electrons. The molecule has 2 amide bonds. The third-order valence-corrected chi connectivity index (χ3v) is 3.81. The summed E-state index contributed by atoms with van der Waals surface area (Å²) in [5.74, 6) is -1.13. The molecular formula is C15H22N2O7. The normalized spacial score (nSPS) is 19.4. The number of hydrogen-bond acceptors (Lipinski definition) is 7. The third-order valence-electron chi connectivity index (χ3n) is 3.81. The van der Waals surface area contributed by atoms with Gasteiger partial charge in [0, 0.05) is 39.0 Å². The van der Waals surface area contributed by atoms with E-state index in [1.54, 1.807) is 16.7 Å². The van der Waals surface area contributed by atoms with Crippen LogP contribution in [0.4, 0.5) is 4.79 Å². The highest BCUT2D eigenvalue weighted by Crippen LogP contribution is 2.15. The molecule has 0 radical (unpaired) electrons. The van der Waals surface area contributed by atoms with Gasteiger partial charge in [0.1, 0.15) is 0 Å². The van der Waals surface area contributed by atoms with Crippen molar-refractivity contribution in [1.29, 1.82) is 0 Å². The van der Waals surface area contributed by atoms with Crippen molar-refractivity contribution in [3.63, 3.8) is 0 Å². The molecule has 9 nitrogen and oxygen atoms in total. The maximum atomic E-state index is 12.2. The van der Waals surface area contributed by atoms with Gasteiger partial charge in [0.25, 0.3) is 0 Å². The van der Waals surface area contributed by atoms with Crippen LogP contribution in [-0.4, -0.2) is 72.8 Å². The van der Waals surface area contributed by atoms with Crippen LogP contribution in [0.2, 0.25) is 0 Å². The molecule has 0 aliphatic carbocycles. The van der Waals surface area contributed by atoms with E-state index in [1.807, 2.05) is 0 Å². The van der Waals surface area contributed by atoms with Crippen LogP contribution in [0.25, 0.3) is 0 Å². The fourth-order valence-electron chi connectivity index (χ4n) is 2.51. The Labute approximate surface area is 139 Å². The summed E-state index contributed by atoms with van der Waals surface area (Å²) in [7, 11) is 0. The summed E-state index contributed by atoms with van der Waals surface area (Å²) < 4.78 is 14.9. The molecule has 2 fully saturated rings. The Kier molecular flexibility index (Phi) is 6.39. The molecule has 0 aromatic carbocycles. The maximum absolute atomic E-state index is 12.2. The molecule has 0 N–H and O–H groups in total. The van der Waals surface area contributed by atoms with Gasteiger partial charge in [-0.2, -0.15) is 0 Å². The number of amides is 2. The van der Waals surface area contributed by atoms with E-state index in [-0.39, 0.29) is 37.7 Å². The lowest BCUT2D eigenvalue weighted by Crippen LogP contribution is -2.50. The van der Waals surface area contributed by atoms with E-state index in [2.05, 4.69) is 0 Å². The maximum Gasteiger partial charge on any atom is 0.409 e. The number of piperazine rings is 1. The van der Waals surface area contributed by atoms with E-state index in [4.69, 9.17) is 14.2 Å². The molecule has 0 aromatic rings. The fourth-order valence-corrected chi connectivity index (χ4v) is 2.51. The molecule has 2 aliphatic rings. The Morgan fingerprint density at radius 2 is 1.58 bits per heavy atom. The van der Waals surface area contributed by atoms with Gasteiger partial charge in [-0.3, -0.25) is 14.4 Å². The Morgan fingerprint density at radius 1 is 1.04 bits per heavy atom. The second-order valence-corrected chi connectivity index (χ2v) is 5.51. The molecule has 2 heterocycles. The number of nitrogens with zero attached hydrogens (tertiary/aromatic N) is 2. The van der Waals surface area contributed by atoms with E-state index in [0.29, 0.717) is 32.8 Å². The fraction of sp³-hybridized carbons (Fsp3) is 0.733. The van der Waals surface area contributed by atoms with Crippen molar-refractivity contribution in [1.82, 2.24) is 9.80 Å². The molecule has 0 bridgehead atoms. The van der Waals surface area contributed by atoms with Crippen LogP contribution in [0.3, 0.4) is 0 Å². The molecule has 0 aromatic heterocycles. The van der Waals surface area contributed by atoms with Crippen molar-refractivity contribution in [2.24, 2.45) is 0 Å². The van der Waals surface area contributed by atoms with Crippen LogP contribution >= 0.6 is 0 Å². The first-order valence-electron chi connectivity index (χ1n) is 8.08. The van der Waals surface area contributed by atoms with Crippen LogP contribution < -0.4 is 0 Å². The molecule has 24 heavy (non-hydrogen) atoms. The van der Waals surface area contributed by atoms with E-state index in [9.17, 15) is 19.2 Å². The van der Waals surface area contributed by atoms with Crippen LogP contribution in [-0.2, 0) is 28.6 Å². The molecule has 0 unspecified atom stereocenters. The number of hydrogen-bond donors (Lipinski definition) is 0. The minimum absolute atomic E-state index is 0.000894. The Hall–Kier alpha value is -2.32. The SMILES string of the molecule is CCOC(=O)N1CCN(C(=O)CCC2OC(=O)CCC(=O)O2)CC1. The molecule has 9 heteroatoms. The van der Waals surface area contributed by atoms with E-state index >= 15 is 0 Å². The summed E-state index contributed by atoms with van der Waals surface area (Å²) in [5, 5.41) is 0. The highest BCUT2D eigenvalue weighted by molar-refractivity contribution is 5.80. The van der Waals surface area contributed by atoms with E-state index in [1.165, 1.54) is 0 Å². The van der Waals surface area contributed by atoms with Gasteiger partial charge < -0.3 is 24.0 Å².